The molecule has 2 heterocycles. The van der Waals surface area contributed by atoms with Crippen molar-refractivity contribution in [1.82, 2.24) is 4.98 Å². The SMILES string of the molecule is Cc1nc(C)c(C(=O)COC(=O)c2ccc3c(c2)CC(c2ccccc2)OC3=O)o1. The molecule has 1 aliphatic rings. The molecule has 0 radical (unpaired) electrons. The van der Waals surface area contributed by atoms with Gasteiger partial charge in [0.15, 0.2) is 18.3 Å². The Balaban J connectivity index is 1.48. The largest absolute Gasteiger partial charge is 0.454 e. The van der Waals surface area contributed by atoms with Crippen molar-refractivity contribution < 1.29 is 28.3 Å². The van der Waals surface area contributed by atoms with E-state index >= 15 is 0 Å². The first-order chi connectivity index (χ1) is 14.4. The molecule has 30 heavy (non-hydrogen) atoms. The van der Waals surface area contributed by atoms with Crippen molar-refractivity contribution in [3.05, 3.63) is 88.1 Å². The standard InChI is InChI=1S/C23H19NO6/c1-13-21(29-14(2)24-13)19(25)12-28-22(26)16-8-9-18-17(10-16)11-20(30-23(18)27)15-6-4-3-5-7-15/h3-10,20H,11-12H2,1-2H3. The number of aromatic nitrogens is 1. The van der Waals surface area contributed by atoms with Crippen molar-refractivity contribution in [2.45, 2.75) is 26.4 Å². The molecule has 3 aromatic rings. The van der Waals surface area contributed by atoms with Gasteiger partial charge in [0.05, 0.1) is 16.8 Å². The first kappa shape index (κ1) is 19.6. The van der Waals surface area contributed by atoms with Gasteiger partial charge in [-0.15, -0.1) is 0 Å². The zero-order chi connectivity index (χ0) is 21.3. The number of rotatable bonds is 5. The lowest BCUT2D eigenvalue weighted by Gasteiger charge is -2.25. The average Bonchev–Trinajstić information content (AvgIpc) is 3.10. The fourth-order valence-electron chi connectivity index (χ4n) is 3.45. The van der Waals surface area contributed by atoms with Crippen LogP contribution in [0.3, 0.4) is 0 Å². The molecule has 0 N–H and O–H groups in total. The van der Waals surface area contributed by atoms with Crippen molar-refractivity contribution in [3.63, 3.8) is 0 Å². The highest BCUT2D eigenvalue weighted by Crippen LogP contribution is 2.31. The molecule has 1 aromatic heterocycles. The van der Waals surface area contributed by atoms with Crippen LogP contribution in [-0.4, -0.2) is 29.3 Å². The lowest BCUT2D eigenvalue weighted by atomic mass is 9.93. The van der Waals surface area contributed by atoms with E-state index in [9.17, 15) is 14.4 Å². The number of aryl methyl sites for hydroxylation is 2. The number of benzene rings is 2. The van der Waals surface area contributed by atoms with Gasteiger partial charge in [-0.3, -0.25) is 4.79 Å². The van der Waals surface area contributed by atoms with E-state index in [2.05, 4.69) is 4.98 Å². The molecule has 0 saturated carbocycles. The second-order valence-corrected chi connectivity index (χ2v) is 7.03. The van der Waals surface area contributed by atoms with Gasteiger partial charge in [-0.2, -0.15) is 0 Å². The molecule has 4 rings (SSSR count). The first-order valence-corrected chi connectivity index (χ1v) is 9.45. The van der Waals surface area contributed by atoms with Crippen LogP contribution in [0, 0.1) is 13.8 Å². The minimum Gasteiger partial charge on any atom is -0.454 e. The minimum absolute atomic E-state index is 0.0826. The van der Waals surface area contributed by atoms with Crippen LogP contribution in [0.2, 0.25) is 0 Å². The molecule has 7 heteroatoms. The lowest BCUT2D eigenvalue weighted by molar-refractivity contribution is 0.0251. The zero-order valence-corrected chi connectivity index (χ0v) is 16.5. The van der Waals surface area contributed by atoms with Gasteiger partial charge in [0.1, 0.15) is 6.10 Å². The molecule has 0 bridgehead atoms. The van der Waals surface area contributed by atoms with Crippen LogP contribution in [0.5, 0.6) is 0 Å². The summed E-state index contributed by atoms with van der Waals surface area (Å²) < 4.78 is 15.9. The molecular formula is C23H19NO6. The molecule has 1 aliphatic heterocycles. The normalized spacial score (nSPS) is 15.3. The first-order valence-electron chi connectivity index (χ1n) is 9.45. The number of fused-ring (bicyclic) bond motifs is 1. The quantitative estimate of drug-likeness (QED) is 0.471. The second kappa shape index (κ2) is 7.94. The third-order valence-electron chi connectivity index (χ3n) is 4.88. The Morgan fingerprint density at radius 3 is 2.60 bits per heavy atom. The Labute approximate surface area is 172 Å². The van der Waals surface area contributed by atoms with Gasteiger partial charge in [0, 0.05) is 13.3 Å². The summed E-state index contributed by atoms with van der Waals surface area (Å²) in [6.07, 6.45) is 0.0264. The Hall–Kier alpha value is -3.74. The number of cyclic esters (lactones) is 1. The van der Waals surface area contributed by atoms with Crippen LogP contribution in [0.4, 0.5) is 0 Å². The molecule has 0 aliphatic carbocycles. The van der Waals surface area contributed by atoms with Crippen molar-refractivity contribution in [2.75, 3.05) is 6.61 Å². The number of Topliss-reactive ketones (excluding diaryl/α,β-unsaturated/α-hetero) is 1. The van der Waals surface area contributed by atoms with E-state index < -0.39 is 30.4 Å². The Kier molecular flexibility index (Phi) is 5.18. The number of oxazole rings is 1. The number of carbonyl (C=O) groups is 3. The van der Waals surface area contributed by atoms with Gasteiger partial charge in [-0.05, 0) is 36.2 Å². The number of carbonyl (C=O) groups excluding carboxylic acids is 3. The molecule has 7 nitrogen and oxygen atoms in total. The summed E-state index contributed by atoms with van der Waals surface area (Å²) in [6, 6.07) is 14.1. The van der Waals surface area contributed by atoms with Crippen LogP contribution in [0.1, 0.15) is 60.1 Å². The van der Waals surface area contributed by atoms with E-state index in [4.69, 9.17) is 13.9 Å². The molecule has 152 valence electrons. The van der Waals surface area contributed by atoms with Crippen molar-refractivity contribution in [1.29, 1.82) is 0 Å². The maximum atomic E-state index is 12.5. The average molecular weight is 405 g/mol. The van der Waals surface area contributed by atoms with Gasteiger partial charge >= 0.3 is 11.9 Å². The number of hydrogen-bond donors (Lipinski definition) is 0. The van der Waals surface area contributed by atoms with E-state index in [0.717, 1.165) is 5.56 Å². The van der Waals surface area contributed by atoms with E-state index in [1.807, 2.05) is 30.3 Å². The molecule has 0 spiro atoms. The van der Waals surface area contributed by atoms with Crippen LogP contribution < -0.4 is 0 Å². The molecule has 1 unspecified atom stereocenters. The molecule has 1 atom stereocenters. The van der Waals surface area contributed by atoms with Gasteiger partial charge in [0.2, 0.25) is 5.78 Å². The summed E-state index contributed by atoms with van der Waals surface area (Å²) in [5.74, 6) is -1.10. The van der Waals surface area contributed by atoms with Crippen molar-refractivity contribution in [3.8, 4) is 0 Å². The van der Waals surface area contributed by atoms with E-state index in [1.165, 1.54) is 6.07 Å². The Morgan fingerprint density at radius 1 is 1.13 bits per heavy atom. The maximum Gasteiger partial charge on any atom is 0.339 e. The number of esters is 2. The number of ether oxygens (including phenoxy) is 2. The minimum atomic E-state index is -0.657. The predicted octanol–water partition coefficient (Wildman–Crippen LogP) is 3.79. The second-order valence-electron chi connectivity index (χ2n) is 7.03. The molecule has 2 aromatic carbocycles. The Bertz CT molecular complexity index is 1130. The van der Waals surface area contributed by atoms with Gasteiger partial charge < -0.3 is 13.9 Å². The van der Waals surface area contributed by atoms with Gasteiger partial charge in [-0.25, -0.2) is 14.6 Å². The highest BCUT2D eigenvalue weighted by molar-refractivity contribution is 5.99. The summed E-state index contributed by atoms with van der Waals surface area (Å²) >= 11 is 0. The smallest absolute Gasteiger partial charge is 0.339 e. The predicted molar refractivity (Wildman–Crippen MR) is 105 cm³/mol. The van der Waals surface area contributed by atoms with Crippen LogP contribution in [-0.2, 0) is 15.9 Å². The molecular weight excluding hydrogens is 386 g/mol. The van der Waals surface area contributed by atoms with Gasteiger partial charge in [-0.1, -0.05) is 30.3 Å². The number of nitrogens with zero attached hydrogens (tertiary/aromatic N) is 1. The molecule has 0 amide bonds. The summed E-state index contributed by atoms with van der Waals surface area (Å²) in [6.45, 7) is 2.83. The third kappa shape index (κ3) is 3.87. The lowest BCUT2D eigenvalue weighted by Crippen LogP contribution is -2.22. The fraction of sp³-hybridized carbons (Fsp3) is 0.217. The summed E-state index contributed by atoms with van der Waals surface area (Å²) in [4.78, 5) is 41.1. The van der Waals surface area contributed by atoms with E-state index in [-0.39, 0.29) is 11.3 Å². The van der Waals surface area contributed by atoms with Crippen molar-refractivity contribution in [2.24, 2.45) is 0 Å². The van der Waals surface area contributed by atoms with Gasteiger partial charge in [0.25, 0.3) is 0 Å². The molecule has 0 fully saturated rings. The third-order valence-corrected chi connectivity index (χ3v) is 4.88. The highest BCUT2D eigenvalue weighted by Gasteiger charge is 2.28. The topological polar surface area (TPSA) is 95.7 Å². The summed E-state index contributed by atoms with van der Waals surface area (Å²) in [5, 5.41) is 0. The number of hydrogen-bond acceptors (Lipinski definition) is 7. The highest BCUT2D eigenvalue weighted by atomic mass is 16.5. The van der Waals surface area contributed by atoms with E-state index in [1.54, 1.807) is 26.0 Å². The van der Waals surface area contributed by atoms with Crippen molar-refractivity contribution >= 4 is 17.7 Å². The van der Waals surface area contributed by atoms with E-state index in [0.29, 0.717) is 29.1 Å². The van der Waals surface area contributed by atoms with Crippen LogP contribution in [0.15, 0.2) is 52.9 Å². The Morgan fingerprint density at radius 2 is 1.90 bits per heavy atom. The van der Waals surface area contributed by atoms with Crippen LogP contribution >= 0.6 is 0 Å². The fourth-order valence-corrected chi connectivity index (χ4v) is 3.45. The monoisotopic (exact) mass is 405 g/mol. The van der Waals surface area contributed by atoms with Crippen LogP contribution in [0.25, 0.3) is 0 Å². The summed E-state index contributed by atoms with van der Waals surface area (Å²) in [5.41, 5.74) is 2.71. The maximum absolute atomic E-state index is 12.5. The zero-order valence-electron chi connectivity index (χ0n) is 16.5. The number of ketones is 1. The molecule has 0 saturated heterocycles. The summed E-state index contributed by atoms with van der Waals surface area (Å²) in [7, 11) is 0.